The van der Waals surface area contributed by atoms with Crippen molar-refractivity contribution < 1.29 is 28.8 Å². The Kier molecular flexibility index (Phi) is 4.73. The highest BCUT2D eigenvalue weighted by molar-refractivity contribution is 6.37. The molecule has 9 nitrogen and oxygen atoms in total. The number of hydrogen-bond acceptors (Lipinski definition) is 7. The Morgan fingerprint density at radius 3 is 1.97 bits per heavy atom. The fourth-order valence-electron chi connectivity index (χ4n) is 5.45. The molecule has 2 saturated heterocycles. The minimum absolute atomic E-state index is 0.121. The van der Waals surface area contributed by atoms with Gasteiger partial charge in [-0.25, -0.2) is 4.90 Å². The predicted molar refractivity (Wildman–Crippen MR) is 126 cm³/mol. The molecule has 3 aliphatic rings. The summed E-state index contributed by atoms with van der Waals surface area (Å²) in [7, 11) is 0. The largest absolute Gasteiger partial charge is 0.349 e. The minimum Gasteiger partial charge on any atom is -0.349 e. The van der Waals surface area contributed by atoms with Crippen LogP contribution in [0.25, 0.3) is 0 Å². The first-order valence-electron chi connectivity index (χ1n) is 11.0. The summed E-state index contributed by atoms with van der Waals surface area (Å²) in [6.45, 7) is 0. The first-order valence-corrected chi connectivity index (χ1v) is 11.4. The molecule has 0 unspecified atom stereocenters. The molecule has 0 bridgehead atoms. The van der Waals surface area contributed by atoms with Gasteiger partial charge in [-0.1, -0.05) is 35.9 Å². The van der Waals surface area contributed by atoms with Crippen molar-refractivity contribution in [3.05, 3.63) is 105 Å². The Balaban J connectivity index is 1.52. The summed E-state index contributed by atoms with van der Waals surface area (Å²) in [5, 5.41) is 11.5. The summed E-state index contributed by atoms with van der Waals surface area (Å²) in [6.07, 6.45) is -1.16. The molecule has 1 spiro atoms. The van der Waals surface area contributed by atoms with Crippen molar-refractivity contribution >= 4 is 46.4 Å². The first-order chi connectivity index (χ1) is 17.3. The van der Waals surface area contributed by atoms with Gasteiger partial charge in [-0.15, -0.1) is 0 Å². The van der Waals surface area contributed by atoms with Gasteiger partial charge in [0.15, 0.2) is 0 Å². The second kappa shape index (κ2) is 7.64. The van der Waals surface area contributed by atoms with E-state index in [1.807, 2.05) is 0 Å². The average Bonchev–Trinajstić information content (AvgIpc) is 3.45. The lowest BCUT2D eigenvalue weighted by Crippen LogP contribution is -2.51. The van der Waals surface area contributed by atoms with Crippen molar-refractivity contribution in [2.24, 2.45) is 11.8 Å². The number of hydrogen-bond donors (Lipinski definition) is 0. The summed E-state index contributed by atoms with van der Waals surface area (Å²) in [5.74, 6) is -5.33. The van der Waals surface area contributed by atoms with Crippen LogP contribution in [0.15, 0.2) is 72.8 Å². The van der Waals surface area contributed by atoms with E-state index in [1.165, 1.54) is 60.7 Å². The van der Waals surface area contributed by atoms with Crippen LogP contribution in [0.4, 0.5) is 11.4 Å². The Morgan fingerprint density at radius 1 is 0.833 bits per heavy atom. The smallest absolute Gasteiger partial charge is 0.269 e. The molecule has 36 heavy (non-hydrogen) atoms. The maximum Gasteiger partial charge on any atom is 0.269 e. The maximum atomic E-state index is 13.8. The van der Waals surface area contributed by atoms with Crippen molar-refractivity contribution in [1.29, 1.82) is 0 Å². The lowest BCUT2D eigenvalue weighted by atomic mass is 9.77. The van der Waals surface area contributed by atoms with Gasteiger partial charge in [0, 0.05) is 28.3 Å². The number of imide groups is 1. The molecule has 3 atom stereocenters. The number of nitro groups is 1. The van der Waals surface area contributed by atoms with Gasteiger partial charge in [0.2, 0.25) is 29.0 Å². The van der Waals surface area contributed by atoms with E-state index in [-0.39, 0.29) is 22.5 Å². The quantitative estimate of drug-likeness (QED) is 0.230. The van der Waals surface area contributed by atoms with Gasteiger partial charge in [0.1, 0.15) is 0 Å². The number of ether oxygens (including phenoxy) is 1. The molecule has 2 heterocycles. The summed E-state index contributed by atoms with van der Waals surface area (Å²) >= 11 is 5.97. The average molecular weight is 503 g/mol. The van der Waals surface area contributed by atoms with Crippen molar-refractivity contribution in [3.63, 3.8) is 0 Å². The van der Waals surface area contributed by atoms with Gasteiger partial charge >= 0.3 is 0 Å². The van der Waals surface area contributed by atoms with E-state index in [2.05, 4.69) is 0 Å². The Bertz CT molecular complexity index is 1460. The second-order valence-corrected chi connectivity index (χ2v) is 9.25. The number of carbonyl (C=O) groups excluding carboxylic acids is 4. The number of fused-ring (bicyclic) bond motifs is 3. The maximum absolute atomic E-state index is 13.8. The normalized spacial score (nSPS) is 23.9. The fraction of sp³-hybridized carbons (Fsp3) is 0.154. The molecule has 10 heteroatoms. The van der Waals surface area contributed by atoms with E-state index >= 15 is 0 Å². The van der Waals surface area contributed by atoms with E-state index in [9.17, 15) is 29.3 Å². The number of Topliss-reactive ketones (excluding diaryl/α,β-unsaturated/α-hetero) is 2. The van der Waals surface area contributed by atoms with Crippen LogP contribution in [0.1, 0.15) is 32.4 Å². The number of rotatable bonds is 3. The summed E-state index contributed by atoms with van der Waals surface area (Å²) in [6, 6.07) is 17.5. The van der Waals surface area contributed by atoms with Crippen LogP contribution in [-0.4, -0.2) is 33.9 Å². The third kappa shape index (κ3) is 2.81. The van der Waals surface area contributed by atoms with Gasteiger partial charge in [0.05, 0.1) is 28.6 Å². The highest BCUT2D eigenvalue weighted by Gasteiger charge is 2.74. The SMILES string of the molecule is O=C1[C@@H]2[C@@H](c3ccc([N+](=O)[O-])cc3)OC3(C(=O)c4ccccc4C3=O)[C@@H]2C(=O)N1c1ccc(Cl)cc1. The van der Waals surface area contributed by atoms with Crippen molar-refractivity contribution in [3.8, 4) is 0 Å². The number of nitrogens with zero attached hydrogens (tertiary/aromatic N) is 2. The van der Waals surface area contributed by atoms with Crippen LogP contribution >= 0.6 is 11.6 Å². The standard InChI is InChI=1S/C26H15ClN2O7/c27-14-7-11-15(12-8-14)28-24(32)19-20(25(28)33)26(22(30)17-3-1-2-4-18(17)23(26)31)36-21(19)13-5-9-16(10-6-13)29(34)35/h1-12,19-21H/t19-,20-,21+/m0/s1. The number of nitro benzene ring substituents is 1. The van der Waals surface area contributed by atoms with Crippen molar-refractivity contribution in [1.82, 2.24) is 0 Å². The molecule has 2 aliphatic heterocycles. The van der Waals surface area contributed by atoms with Crippen molar-refractivity contribution in [2.45, 2.75) is 11.7 Å². The molecule has 1 aliphatic carbocycles. The molecule has 0 N–H and O–H groups in total. The number of halogens is 1. The van der Waals surface area contributed by atoms with Crippen LogP contribution in [0.3, 0.4) is 0 Å². The lowest BCUT2D eigenvalue weighted by molar-refractivity contribution is -0.384. The summed E-state index contributed by atoms with van der Waals surface area (Å²) in [5.41, 5.74) is -1.57. The van der Waals surface area contributed by atoms with E-state index in [4.69, 9.17) is 16.3 Å². The van der Waals surface area contributed by atoms with E-state index in [0.29, 0.717) is 10.6 Å². The topological polar surface area (TPSA) is 124 Å². The summed E-state index contributed by atoms with van der Waals surface area (Å²) in [4.78, 5) is 66.4. The monoisotopic (exact) mass is 502 g/mol. The Morgan fingerprint density at radius 2 is 1.42 bits per heavy atom. The second-order valence-electron chi connectivity index (χ2n) is 8.82. The molecule has 2 amide bonds. The zero-order valence-electron chi connectivity index (χ0n) is 18.3. The minimum atomic E-state index is -2.21. The zero-order chi connectivity index (χ0) is 25.4. The van der Waals surface area contributed by atoms with Gasteiger partial charge in [-0.2, -0.15) is 0 Å². The molecule has 2 fully saturated rings. The van der Waals surface area contributed by atoms with E-state index < -0.39 is 51.8 Å². The third-order valence-corrected chi connectivity index (χ3v) is 7.29. The van der Waals surface area contributed by atoms with Gasteiger partial charge < -0.3 is 4.74 Å². The molecule has 3 aromatic rings. The van der Waals surface area contributed by atoms with Crippen LogP contribution < -0.4 is 4.90 Å². The van der Waals surface area contributed by atoms with Crippen LogP contribution in [-0.2, 0) is 14.3 Å². The zero-order valence-corrected chi connectivity index (χ0v) is 19.0. The highest BCUT2D eigenvalue weighted by atomic mass is 35.5. The molecular formula is C26H15ClN2O7. The highest BCUT2D eigenvalue weighted by Crippen LogP contribution is 2.57. The number of ketones is 2. The van der Waals surface area contributed by atoms with Crippen LogP contribution in [0.2, 0.25) is 5.02 Å². The number of benzene rings is 3. The Labute approximate surface area is 208 Å². The van der Waals surface area contributed by atoms with E-state index in [1.54, 1.807) is 12.1 Å². The van der Waals surface area contributed by atoms with Crippen molar-refractivity contribution in [2.75, 3.05) is 4.90 Å². The Hall–Kier alpha value is -4.21. The predicted octanol–water partition coefficient (Wildman–Crippen LogP) is 3.94. The number of anilines is 1. The number of non-ortho nitro benzene ring substituents is 1. The number of amides is 2. The van der Waals surface area contributed by atoms with Crippen LogP contribution in [0, 0.1) is 22.0 Å². The molecule has 3 aromatic carbocycles. The third-order valence-electron chi connectivity index (χ3n) is 7.04. The molecule has 178 valence electrons. The lowest BCUT2D eigenvalue weighted by Gasteiger charge is -2.27. The molecule has 6 rings (SSSR count). The van der Waals surface area contributed by atoms with E-state index in [0.717, 1.165) is 4.90 Å². The molecule has 0 radical (unpaired) electrons. The number of carbonyl (C=O) groups is 4. The molecule has 0 aromatic heterocycles. The summed E-state index contributed by atoms with van der Waals surface area (Å²) < 4.78 is 6.16. The van der Waals surface area contributed by atoms with Gasteiger partial charge in [-0.05, 0) is 42.0 Å². The van der Waals surface area contributed by atoms with Gasteiger partial charge in [0.25, 0.3) is 5.69 Å². The molecular weight excluding hydrogens is 488 g/mol. The fourth-order valence-corrected chi connectivity index (χ4v) is 5.57. The van der Waals surface area contributed by atoms with Crippen LogP contribution in [0.5, 0.6) is 0 Å². The van der Waals surface area contributed by atoms with Gasteiger partial charge in [-0.3, -0.25) is 29.3 Å². The first kappa shape index (κ1) is 22.3. The molecule has 0 saturated carbocycles.